The molecule has 6 heteroatoms. The second-order valence-electron chi connectivity index (χ2n) is 9.36. The molecular formula is C27H23F2N3O. The van der Waals surface area contributed by atoms with Gasteiger partial charge in [-0.3, -0.25) is 4.79 Å². The van der Waals surface area contributed by atoms with E-state index in [2.05, 4.69) is 16.8 Å². The zero-order valence-corrected chi connectivity index (χ0v) is 18.3. The highest BCUT2D eigenvalue weighted by molar-refractivity contribution is 6.09. The van der Waals surface area contributed by atoms with Crippen molar-refractivity contribution in [2.45, 2.75) is 18.4 Å². The molecule has 3 aromatic carbocycles. The van der Waals surface area contributed by atoms with Crippen LogP contribution < -0.4 is 10.2 Å². The first kappa shape index (κ1) is 20.1. The van der Waals surface area contributed by atoms with Gasteiger partial charge in [0.2, 0.25) is 5.91 Å². The summed E-state index contributed by atoms with van der Waals surface area (Å²) in [6, 6.07) is 16.0. The third-order valence-corrected chi connectivity index (χ3v) is 7.06. The molecule has 0 aliphatic carbocycles. The highest BCUT2D eigenvalue weighted by Gasteiger charge is 2.56. The number of rotatable bonds is 3. The average molecular weight is 443 g/mol. The Hall–Kier alpha value is -3.51. The number of allylic oxidation sites excluding steroid dienone is 1. The molecule has 0 unspecified atom stereocenters. The number of likely N-dealkylation sites (tertiary alicyclic amines) is 1. The first-order valence-electron chi connectivity index (χ1n) is 11.0. The molecule has 1 N–H and O–H groups in total. The molecule has 1 spiro atoms. The predicted octanol–water partition coefficient (Wildman–Crippen LogP) is 4.84. The quantitative estimate of drug-likeness (QED) is 0.629. The fraction of sp³-hybridized carbons (Fsp3) is 0.222. The van der Waals surface area contributed by atoms with Gasteiger partial charge >= 0.3 is 0 Å². The molecule has 0 radical (unpaired) electrons. The van der Waals surface area contributed by atoms with E-state index in [1.807, 2.05) is 49.5 Å². The van der Waals surface area contributed by atoms with Crippen molar-refractivity contribution in [2.75, 3.05) is 30.4 Å². The number of likely N-dealkylation sites (N-methyl/N-ethyl adjacent to an activating group) is 1. The van der Waals surface area contributed by atoms with Gasteiger partial charge in [-0.05, 0) is 59.6 Å². The van der Waals surface area contributed by atoms with Crippen molar-refractivity contribution in [2.24, 2.45) is 0 Å². The van der Waals surface area contributed by atoms with E-state index in [4.69, 9.17) is 0 Å². The van der Waals surface area contributed by atoms with E-state index in [9.17, 15) is 4.79 Å². The Kier molecular flexibility index (Phi) is 4.26. The number of anilines is 2. The summed E-state index contributed by atoms with van der Waals surface area (Å²) in [6.07, 6.45) is 0.694. The second-order valence-corrected chi connectivity index (χ2v) is 9.36. The van der Waals surface area contributed by atoms with Crippen LogP contribution >= 0.6 is 0 Å². The summed E-state index contributed by atoms with van der Waals surface area (Å²) in [6.45, 7) is 5.04. The number of hydrogen-bond acceptors (Lipinski definition) is 3. The molecule has 166 valence electrons. The molecule has 3 aromatic rings. The van der Waals surface area contributed by atoms with E-state index in [0.29, 0.717) is 25.1 Å². The van der Waals surface area contributed by atoms with Crippen molar-refractivity contribution in [3.63, 3.8) is 0 Å². The standard InChI is InChI=1S/C27H23F2N3O/c1-16-9-19-10-17(7-8-24(19)30-16)18-11-22(28)20(23(29)12-18)13-32-25-6-4-3-5-21(25)27(26(32)33)14-31(2)15-27/h3-8,10-12,30H,1,9,13-15H2,2H3. The van der Waals surface area contributed by atoms with E-state index in [-0.39, 0.29) is 18.0 Å². The average Bonchev–Trinajstić information content (AvgIpc) is 3.25. The SMILES string of the molecule is C=C1Cc2cc(-c3cc(F)c(CN4C(=O)C5(CN(C)C5)c5ccccc54)c(F)c3)ccc2N1. The van der Waals surface area contributed by atoms with Crippen molar-refractivity contribution in [3.8, 4) is 11.1 Å². The molecule has 33 heavy (non-hydrogen) atoms. The maximum absolute atomic E-state index is 15.2. The Bertz CT molecular complexity index is 1320. The number of nitrogens with zero attached hydrogens (tertiary/aromatic N) is 2. The summed E-state index contributed by atoms with van der Waals surface area (Å²) >= 11 is 0. The van der Waals surface area contributed by atoms with E-state index < -0.39 is 17.0 Å². The third-order valence-electron chi connectivity index (χ3n) is 7.06. The minimum atomic E-state index is -0.648. The molecule has 0 bridgehead atoms. The van der Waals surface area contributed by atoms with Gasteiger partial charge in [0, 0.05) is 42.1 Å². The maximum Gasteiger partial charge on any atom is 0.240 e. The smallest absolute Gasteiger partial charge is 0.240 e. The van der Waals surface area contributed by atoms with Crippen LogP contribution in [0.15, 0.2) is 66.9 Å². The largest absolute Gasteiger partial charge is 0.359 e. The van der Waals surface area contributed by atoms with Crippen LogP contribution in [0.1, 0.15) is 16.7 Å². The van der Waals surface area contributed by atoms with Gasteiger partial charge < -0.3 is 15.1 Å². The molecule has 0 aromatic heterocycles. The van der Waals surface area contributed by atoms with E-state index in [1.54, 1.807) is 0 Å². The van der Waals surface area contributed by atoms with Crippen molar-refractivity contribution in [1.29, 1.82) is 0 Å². The van der Waals surface area contributed by atoms with Crippen LogP contribution in [-0.4, -0.2) is 30.9 Å². The topological polar surface area (TPSA) is 35.6 Å². The second kappa shape index (κ2) is 6.99. The van der Waals surface area contributed by atoms with Crippen LogP contribution in [0.4, 0.5) is 20.2 Å². The highest BCUT2D eigenvalue weighted by atomic mass is 19.1. The number of nitrogens with one attached hydrogen (secondary N) is 1. The number of para-hydroxylation sites is 1. The van der Waals surface area contributed by atoms with E-state index >= 15 is 8.78 Å². The third kappa shape index (κ3) is 2.94. The molecule has 0 saturated carbocycles. The van der Waals surface area contributed by atoms with Gasteiger partial charge in [0.15, 0.2) is 0 Å². The van der Waals surface area contributed by atoms with E-state index in [1.165, 1.54) is 17.0 Å². The van der Waals surface area contributed by atoms with Gasteiger partial charge in [0.25, 0.3) is 0 Å². The Balaban J connectivity index is 1.34. The number of halogens is 2. The van der Waals surface area contributed by atoms with Crippen LogP contribution in [0, 0.1) is 11.6 Å². The fourth-order valence-corrected chi connectivity index (χ4v) is 5.52. The number of benzene rings is 3. The number of carbonyl (C=O) groups excluding carboxylic acids is 1. The summed E-state index contributed by atoms with van der Waals surface area (Å²) in [5.74, 6) is -1.38. The Labute approximate surface area is 191 Å². The van der Waals surface area contributed by atoms with Gasteiger partial charge in [-0.1, -0.05) is 30.8 Å². The summed E-state index contributed by atoms with van der Waals surface area (Å²) in [5.41, 5.74) is 5.13. The molecule has 1 fully saturated rings. The summed E-state index contributed by atoms with van der Waals surface area (Å²) in [5, 5.41) is 3.20. The molecule has 3 heterocycles. The van der Waals surface area contributed by atoms with Crippen LogP contribution in [0.25, 0.3) is 11.1 Å². The lowest BCUT2D eigenvalue weighted by atomic mass is 9.75. The molecule has 0 atom stereocenters. The highest BCUT2D eigenvalue weighted by Crippen LogP contribution is 2.47. The molecule has 6 rings (SSSR count). The van der Waals surface area contributed by atoms with Gasteiger partial charge in [-0.2, -0.15) is 0 Å². The van der Waals surface area contributed by atoms with Crippen LogP contribution in [0.3, 0.4) is 0 Å². The lowest BCUT2D eigenvalue weighted by Gasteiger charge is -2.44. The molecule has 3 aliphatic heterocycles. The summed E-state index contributed by atoms with van der Waals surface area (Å²) in [4.78, 5) is 17.0. The summed E-state index contributed by atoms with van der Waals surface area (Å²) in [7, 11) is 1.97. The lowest BCUT2D eigenvalue weighted by Crippen LogP contribution is -2.62. The van der Waals surface area contributed by atoms with Gasteiger partial charge in [0.1, 0.15) is 17.0 Å². The first-order valence-corrected chi connectivity index (χ1v) is 11.0. The van der Waals surface area contributed by atoms with Crippen molar-refractivity contribution in [3.05, 3.63) is 95.2 Å². The van der Waals surface area contributed by atoms with Crippen LogP contribution in [-0.2, 0) is 23.2 Å². The predicted molar refractivity (Wildman–Crippen MR) is 125 cm³/mol. The number of carbonyl (C=O) groups is 1. The Morgan fingerprint density at radius 2 is 1.76 bits per heavy atom. The molecule has 3 aliphatic rings. The molecule has 4 nitrogen and oxygen atoms in total. The van der Waals surface area contributed by atoms with Crippen molar-refractivity contribution < 1.29 is 13.6 Å². The molecule has 1 amide bonds. The monoisotopic (exact) mass is 443 g/mol. The minimum absolute atomic E-state index is 0.0870. The normalized spacial score (nSPS) is 18.3. The number of fused-ring (bicyclic) bond motifs is 3. The van der Waals surface area contributed by atoms with Crippen molar-refractivity contribution in [1.82, 2.24) is 4.90 Å². The fourth-order valence-electron chi connectivity index (χ4n) is 5.52. The first-order chi connectivity index (χ1) is 15.9. The zero-order valence-electron chi connectivity index (χ0n) is 18.3. The van der Waals surface area contributed by atoms with E-state index in [0.717, 1.165) is 33.8 Å². The minimum Gasteiger partial charge on any atom is -0.359 e. The van der Waals surface area contributed by atoms with Gasteiger partial charge in [0.05, 0.1) is 6.54 Å². The Morgan fingerprint density at radius 3 is 2.48 bits per heavy atom. The summed E-state index contributed by atoms with van der Waals surface area (Å²) < 4.78 is 30.5. The lowest BCUT2D eigenvalue weighted by molar-refractivity contribution is -0.128. The van der Waals surface area contributed by atoms with Crippen LogP contribution in [0.5, 0.6) is 0 Å². The molecular weight excluding hydrogens is 420 g/mol. The zero-order chi connectivity index (χ0) is 22.9. The number of hydrogen-bond donors (Lipinski definition) is 1. The van der Waals surface area contributed by atoms with Crippen LogP contribution in [0.2, 0.25) is 0 Å². The molecule has 1 saturated heterocycles. The van der Waals surface area contributed by atoms with Crippen molar-refractivity contribution >= 4 is 17.3 Å². The van der Waals surface area contributed by atoms with Gasteiger partial charge in [-0.25, -0.2) is 8.78 Å². The van der Waals surface area contributed by atoms with Gasteiger partial charge in [-0.15, -0.1) is 0 Å². The Morgan fingerprint density at radius 1 is 1.03 bits per heavy atom. The number of amides is 1. The maximum atomic E-state index is 15.2.